The Morgan fingerprint density at radius 3 is 2.71 bits per heavy atom. The number of para-hydroxylation sites is 1. The summed E-state index contributed by atoms with van der Waals surface area (Å²) >= 11 is 3.69. The normalized spacial score (nSPS) is 17.6. The van der Waals surface area contributed by atoms with Crippen LogP contribution in [0.2, 0.25) is 0 Å². The van der Waals surface area contributed by atoms with Crippen LogP contribution in [0.4, 0.5) is 5.69 Å². The Balaban J connectivity index is 1.96. The Labute approximate surface area is 134 Å². The van der Waals surface area contributed by atoms with Gasteiger partial charge in [-0.25, -0.2) is 0 Å². The van der Waals surface area contributed by atoms with E-state index in [2.05, 4.69) is 71.5 Å². The molecular formula is C18H20BrNO. The Bertz CT molecular complexity index is 654. The molecule has 2 aromatic carbocycles. The highest BCUT2D eigenvalue weighted by Gasteiger charge is 2.21. The highest BCUT2D eigenvalue weighted by molar-refractivity contribution is 9.10. The van der Waals surface area contributed by atoms with E-state index in [4.69, 9.17) is 4.74 Å². The van der Waals surface area contributed by atoms with E-state index in [0.29, 0.717) is 6.04 Å². The molecular weight excluding hydrogens is 326 g/mol. The number of hydrogen-bond acceptors (Lipinski definition) is 2. The maximum Gasteiger partial charge on any atom is 0.127 e. The molecule has 1 N–H and O–H groups in total. The highest BCUT2D eigenvalue weighted by Crippen LogP contribution is 2.37. The number of hydrogen-bond donors (Lipinski definition) is 1. The van der Waals surface area contributed by atoms with E-state index in [0.717, 1.165) is 35.4 Å². The molecule has 110 valence electrons. The van der Waals surface area contributed by atoms with Gasteiger partial charge in [0.15, 0.2) is 0 Å². The number of ether oxygens (including phenoxy) is 1. The summed E-state index contributed by atoms with van der Waals surface area (Å²) < 4.78 is 7.09. The Morgan fingerprint density at radius 2 is 1.86 bits per heavy atom. The Hall–Kier alpha value is -1.48. The zero-order valence-corrected chi connectivity index (χ0v) is 14.0. The van der Waals surface area contributed by atoms with Crippen molar-refractivity contribution in [1.82, 2.24) is 0 Å². The first-order valence-corrected chi connectivity index (χ1v) is 8.20. The summed E-state index contributed by atoms with van der Waals surface area (Å²) in [4.78, 5) is 0. The summed E-state index contributed by atoms with van der Waals surface area (Å²) in [6, 6.07) is 13.0. The summed E-state index contributed by atoms with van der Waals surface area (Å²) in [5, 5.41) is 3.69. The number of nitrogens with one attached hydrogen (secondary N) is 1. The number of fused-ring (bicyclic) bond motifs is 1. The maximum absolute atomic E-state index is 5.95. The van der Waals surface area contributed by atoms with Crippen molar-refractivity contribution in [1.29, 1.82) is 0 Å². The van der Waals surface area contributed by atoms with Gasteiger partial charge in [0.2, 0.25) is 0 Å². The molecule has 3 rings (SSSR count). The van der Waals surface area contributed by atoms with Crippen molar-refractivity contribution in [3.8, 4) is 5.75 Å². The fraction of sp³-hybridized carbons (Fsp3) is 0.333. The van der Waals surface area contributed by atoms with Gasteiger partial charge in [-0.1, -0.05) is 30.3 Å². The molecule has 0 aromatic heterocycles. The molecule has 2 aromatic rings. The van der Waals surface area contributed by atoms with Gasteiger partial charge in [-0.05, 0) is 59.8 Å². The van der Waals surface area contributed by atoms with Crippen LogP contribution in [0.1, 0.15) is 35.6 Å². The predicted octanol–water partition coefficient (Wildman–Crippen LogP) is 5.39. The predicted molar refractivity (Wildman–Crippen MR) is 91.2 cm³/mol. The zero-order chi connectivity index (χ0) is 14.8. The lowest BCUT2D eigenvalue weighted by atomic mass is 9.99. The number of halogens is 1. The molecule has 0 aliphatic carbocycles. The number of rotatable bonds is 2. The van der Waals surface area contributed by atoms with Crippen molar-refractivity contribution in [2.45, 2.75) is 32.7 Å². The molecule has 1 heterocycles. The quantitative estimate of drug-likeness (QED) is 0.787. The Morgan fingerprint density at radius 1 is 1.10 bits per heavy atom. The lowest BCUT2D eigenvalue weighted by Gasteiger charge is -2.21. The molecule has 0 amide bonds. The fourth-order valence-corrected chi connectivity index (χ4v) is 3.24. The van der Waals surface area contributed by atoms with Gasteiger partial charge in [-0.15, -0.1) is 0 Å². The first kappa shape index (κ1) is 14.5. The van der Waals surface area contributed by atoms with Gasteiger partial charge in [0.25, 0.3) is 0 Å². The smallest absolute Gasteiger partial charge is 0.127 e. The zero-order valence-electron chi connectivity index (χ0n) is 12.4. The topological polar surface area (TPSA) is 21.3 Å². The average Bonchev–Trinajstić information content (AvgIpc) is 2.68. The summed E-state index contributed by atoms with van der Waals surface area (Å²) in [5.74, 6) is 1.05. The first-order chi connectivity index (χ1) is 10.2. The van der Waals surface area contributed by atoms with E-state index in [-0.39, 0.29) is 0 Å². The molecule has 0 fully saturated rings. The minimum absolute atomic E-state index is 0.292. The van der Waals surface area contributed by atoms with Gasteiger partial charge in [-0.3, -0.25) is 0 Å². The second kappa shape index (κ2) is 6.10. The molecule has 0 saturated carbocycles. The largest absolute Gasteiger partial charge is 0.493 e. The van der Waals surface area contributed by atoms with Crippen LogP contribution in [0.25, 0.3) is 0 Å². The van der Waals surface area contributed by atoms with Crippen molar-refractivity contribution >= 4 is 21.6 Å². The van der Waals surface area contributed by atoms with Gasteiger partial charge in [0.1, 0.15) is 5.75 Å². The van der Waals surface area contributed by atoms with Gasteiger partial charge in [0.05, 0.1) is 12.6 Å². The molecule has 0 radical (unpaired) electrons. The van der Waals surface area contributed by atoms with Crippen LogP contribution in [0.3, 0.4) is 0 Å². The maximum atomic E-state index is 5.95. The van der Waals surface area contributed by atoms with E-state index >= 15 is 0 Å². The minimum Gasteiger partial charge on any atom is -0.493 e. The van der Waals surface area contributed by atoms with Crippen molar-refractivity contribution in [3.63, 3.8) is 0 Å². The van der Waals surface area contributed by atoms with Crippen LogP contribution in [-0.2, 0) is 0 Å². The molecule has 0 spiro atoms. The molecule has 0 bridgehead atoms. The number of anilines is 1. The monoisotopic (exact) mass is 345 g/mol. The lowest BCUT2D eigenvalue weighted by Crippen LogP contribution is -2.11. The second-order valence-corrected chi connectivity index (χ2v) is 6.41. The van der Waals surface area contributed by atoms with Crippen LogP contribution in [0.15, 0.2) is 40.9 Å². The van der Waals surface area contributed by atoms with Crippen LogP contribution < -0.4 is 10.1 Å². The van der Waals surface area contributed by atoms with E-state index in [1.807, 2.05) is 0 Å². The molecule has 1 atom stereocenters. The average molecular weight is 346 g/mol. The summed E-state index contributed by atoms with van der Waals surface area (Å²) in [6.07, 6.45) is 2.14. The van der Waals surface area contributed by atoms with Crippen molar-refractivity contribution in [2.24, 2.45) is 0 Å². The van der Waals surface area contributed by atoms with Gasteiger partial charge in [-0.2, -0.15) is 0 Å². The third-order valence-corrected chi connectivity index (χ3v) is 5.08. The number of benzene rings is 2. The fourth-order valence-electron chi connectivity index (χ4n) is 2.86. The van der Waals surface area contributed by atoms with Gasteiger partial charge >= 0.3 is 0 Å². The third-order valence-electron chi connectivity index (χ3n) is 4.02. The molecule has 21 heavy (non-hydrogen) atoms. The third kappa shape index (κ3) is 2.93. The summed E-state index contributed by atoms with van der Waals surface area (Å²) in [6.45, 7) is 5.03. The van der Waals surface area contributed by atoms with E-state index in [1.165, 1.54) is 16.7 Å². The molecule has 1 unspecified atom stereocenters. The summed E-state index contributed by atoms with van der Waals surface area (Å²) in [7, 11) is 0. The molecule has 1 aliphatic rings. The minimum atomic E-state index is 0.292. The van der Waals surface area contributed by atoms with Crippen LogP contribution >= 0.6 is 15.9 Å². The summed E-state index contributed by atoms with van der Waals surface area (Å²) in [5.41, 5.74) is 4.87. The van der Waals surface area contributed by atoms with E-state index in [1.54, 1.807) is 0 Å². The molecule has 3 heteroatoms. The molecule has 0 saturated heterocycles. The number of aryl methyl sites for hydroxylation is 2. The van der Waals surface area contributed by atoms with Crippen LogP contribution in [0.5, 0.6) is 5.75 Å². The van der Waals surface area contributed by atoms with E-state index in [9.17, 15) is 0 Å². The van der Waals surface area contributed by atoms with Crippen molar-refractivity contribution in [3.05, 3.63) is 57.6 Å². The SMILES string of the molecule is Cc1cccc(NC2CCCOc3c(C)cccc32)c1Br. The van der Waals surface area contributed by atoms with Crippen molar-refractivity contribution in [2.75, 3.05) is 11.9 Å². The lowest BCUT2D eigenvalue weighted by molar-refractivity contribution is 0.314. The standard InChI is InChI=1S/C18H20BrNO/c1-12-6-4-9-16(17(12)19)20-15-10-5-11-21-18-13(2)7-3-8-14(15)18/h3-4,6-9,15,20H,5,10-11H2,1-2H3. The highest BCUT2D eigenvalue weighted by atomic mass is 79.9. The molecule has 2 nitrogen and oxygen atoms in total. The second-order valence-electron chi connectivity index (χ2n) is 5.62. The van der Waals surface area contributed by atoms with Crippen LogP contribution in [-0.4, -0.2) is 6.61 Å². The van der Waals surface area contributed by atoms with E-state index < -0.39 is 0 Å². The van der Waals surface area contributed by atoms with Gasteiger partial charge in [0, 0.05) is 15.7 Å². The first-order valence-electron chi connectivity index (χ1n) is 7.41. The van der Waals surface area contributed by atoms with Crippen LogP contribution in [0, 0.1) is 13.8 Å². The van der Waals surface area contributed by atoms with Crippen molar-refractivity contribution < 1.29 is 4.74 Å². The van der Waals surface area contributed by atoms with Gasteiger partial charge < -0.3 is 10.1 Å². The molecule has 1 aliphatic heterocycles. The Kier molecular flexibility index (Phi) is 4.20.